The Morgan fingerprint density at radius 1 is 0.840 bits per heavy atom. The van der Waals surface area contributed by atoms with Crippen LogP contribution >= 0.6 is 15.9 Å². The molecule has 2 rings (SSSR count). The van der Waals surface area contributed by atoms with Crippen LogP contribution in [0.25, 0.3) is 0 Å². The minimum absolute atomic E-state index is 0.202. The smallest absolute Gasteiger partial charge is 0.338 e. The molecule has 0 heterocycles. The molecule has 2 aromatic carbocycles. The first kappa shape index (κ1) is 19.2. The van der Waals surface area contributed by atoms with Gasteiger partial charge in [-0.25, -0.2) is 9.59 Å². The van der Waals surface area contributed by atoms with Gasteiger partial charge in [-0.05, 0) is 48.4 Å². The van der Waals surface area contributed by atoms with E-state index in [4.69, 9.17) is 9.47 Å². The van der Waals surface area contributed by atoms with Crippen LogP contribution < -0.4 is 0 Å². The second-order valence-electron chi connectivity index (χ2n) is 5.62. The fourth-order valence-electron chi connectivity index (χ4n) is 2.16. The average Bonchev–Trinajstić information content (AvgIpc) is 2.64. The normalized spacial score (nSPS) is 10.3. The molecule has 2 aromatic rings. The van der Waals surface area contributed by atoms with Crippen LogP contribution in [0.5, 0.6) is 0 Å². The van der Waals surface area contributed by atoms with Gasteiger partial charge in [-0.2, -0.15) is 0 Å². The van der Waals surface area contributed by atoms with Gasteiger partial charge in [0, 0.05) is 4.47 Å². The molecular formula is C20H21BrO4. The van der Waals surface area contributed by atoms with Crippen LogP contribution in [-0.4, -0.2) is 18.5 Å². The van der Waals surface area contributed by atoms with Crippen molar-refractivity contribution in [3.8, 4) is 0 Å². The topological polar surface area (TPSA) is 52.6 Å². The maximum atomic E-state index is 12.1. The number of hydrogen-bond acceptors (Lipinski definition) is 4. The summed E-state index contributed by atoms with van der Waals surface area (Å²) in [6.45, 7) is 2.72. The summed E-state index contributed by atoms with van der Waals surface area (Å²) >= 11 is 3.36. The van der Waals surface area contributed by atoms with Crippen molar-refractivity contribution < 1.29 is 19.1 Å². The first-order valence-corrected chi connectivity index (χ1v) is 9.08. The third kappa shape index (κ3) is 6.35. The molecule has 0 fully saturated rings. The Morgan fingerprint density at radius 3 is 1.96 bits per heavy atom. The molecule has 0 aliphatic rings. The molecule has 4 nitrogen and oxygen atoms in total. The number of hydrogen-bond donors (Lipinski definition) is 0. The summed E-state index contributed by atoms with van der Waals surface area (Å²) < 4.78 is 11.4. The highest BCUT2D eigenvalue weighted by atomic mass is 79.9. The Kier molecular flexibility index (Phi) is 7.67. The Balaban J connectivity index is 1.84. The van der Waals surface area contributed by atoms with Gasteiger partial charge < -0.3 is 9.47 Å². The minimum Gasteiger partial charge on any atom is -0.462 e. The van der Waals surface area contributed by atoms with E-state index in [1.165, 1.54) is 0 Å². The molecule has 0 bridgehead atoms. The number of rotatable bonds is 8. The van der Waals surface area contributed by atoms with Gasteiger partial charge in [0.05, 0.1) is 17.7 Å². The van der Waals surface area contributed by atoms with Crippen LogP contribution in [0, 0.1) is 0 Å². The maximum absolute atomic E-state index is 12.1. The zero-order valence-corrected chi connectivity index (χ0v) is 15.8. The van der Waals surface area contributed by atoms with E-state index >= 15 is 0 Å². The predicted molar refractivity (Wildman–Crippen MR) is 99.5 cm³/mol. The SMILES string of the molecule is CCCCCOC(=O)c1ccc(C(=O)OCc2ccc(Br)cc2)cc1. The lowest BCUT2D eigenvalue weighted by Crippen LogP contribution is -2.08. The lowest BCUT2D eigenvalue weighted by molar-refractivity contribution is 0.0466. The zero-order chi connectivity index (χ0) is 18.1. The van der Waals surface area contributed by atoms with Crippen LogP contribution in [0.2, 0.25) is 0 Å². The first-order chi connectivity index (χ1) is 12.1. The fourth-order valence-corrected chi connectivity index (χ4v) is 2.42. The summed E-state index contributed by atoms with van der Waals surface area (Å²) in [6.07, 6.45) is 2.98. The van der Waals surface area contributed by atoms with Crippen molar-refractivity contribution >= 4 is 27.9 Å². The number of benzene rings is 2. The molecule has 0 aromatic heterocycles. The molecule has 0 atom stereocenters. The molecule has 0 radical (unpaired) electrons. The number of esters is 2. The van der Waals surface area contributed by atoms with Crippen molar-refractivity contribution in [2.24, 2.45) is 0 Å². The van der Waals surface area contributed by atoms with E-state index in [0.29, 0.717) is 17.7 Å². The minimum atomic E-state index is -0.425. The number of halogens is 1. The van der Waals surface area contributed by atoms with Gasteiger partial charge in [0.25, 0.3) is 0 Å². The van der Waals surface area contributed by atoms with Crippen molar-refractivity contribution in [3.63, 3.8) is 0 Å². The molecule has 0 saturated heterocycles. The number of ether oxygens (including phenoxy) is 2. The Labute approximate surface area is 156 Å². The Bertz CT molecular complexity index is 693. The number of carbonyl (C=O) groups excluding carboxylic acids is 2. The second-order valence-corrected chi connectivity index (χ2v) is 6.54. The van der Waals surface area contributed by atoms with E-state index in [1.807, 2.05) is 24.3 Å². The average molecular weight is 405 g/mol. The van der Waals surface area contributed by atoms with E-state index in [2.05, 4.69) is 22.9 Å². The van der Waals surface area contributed by atoms with Gasteiger partial charge in [-0.3, -0.25) is 0 Å². The van der Waals surface area contributed by atoms with Crippen molar-refractivity contribution in [2.45, 2.75) is 32.8 Å². The molecule has 0 amide bonds. The van der Waals surface area contributed by atoms with Gasteiger partial charge in [-0.1, -0.05) is 47.8 Å². The summed E-state index contributed by atoms with van der Waals surface area (Å²) in [5.74, 6) is -0.795. The van der Waals surface area contributed by atoms with Crippen molar-refractivity contribution in [3.05, 3.63) is 69.7 Å². The molecule has 5 heteroatoms. The zero-order valence-electron chi connectivity index (χ0n) is 14.2. The molecule has 0 N–H and O–H groups in total. The molecule has 0 aliphatic carbocycles. The van der Waals surface area contributed by atoms with E-state index in [0.717, 1.165) is 29.3 Å². The molecule has 0 unspecified atom stereocenters. The Morgan fingerprint density at radius 2 is 1.40 bits per heavy atom. The van der Waals surface area contributed by atoms with Gasteiger partial charge >= 0.3 is 11.9 Å². The number of unbranched alkanes of at least 4 members (excludes halogenated alkanes) is 2. The van der Waals surface area contributed by atoms with Crippen LogP contribution in [0.3, 0.4) is 0 Å². The van der Waals surface area contributed by atoms with E-state index in [9.17, 15) is 9.59 Å². The van der Waals surface area contributed by atoms with E-state index in [-0.39, 0.29) is 12.6 Å². The molecule has 0 saturated carbocycles. The summed E-state index contributed by atoms with van der Waals surface area (Å²) in [7, 11) is 0. The van der Waals surface area contributed by atoms with Crippen LogP contribution in [0.4, 0.5) is 0 Å². The van der Waals surface area contributed by atoms with Gasteiger partial charge in [-0.15, -0.1) is 0 Å². The second kappa shape index (κ2) is 9.99. The van der Waals surface area contributed by atoms with Crippen LogP contribution in [0.1, 0.15) is 52.5 Å². The quantitative estimate of drug-likeness (QED) is 0.450. The standard InChI is InChI=1S/C20H21BrO4/c1-2-3-4-13-24-19(22)16-7-9-17(10-8-16)20(23)25-14-15-5-11-18(21)12-6-15/h5-12H,2-4,13-14H2,1H3. The fraction of sp³-hybridized carbons (Fsp3) is 0.300. The van der Waals surface area contributed by atoms with Crippen molar-refractivity contribution in [1.29, 1.82) is 0 Å². The predicted octanol–water partition coefficient (Wildman–Crippen LogP) is 5.15. The maximum Gasteiger partial charge on any atom is 0.338 e. The van der Waals surface area contributed by atoms with E-state index < -0.39 is 5.97 Å². The third-order valence-corrected chi connectivity index (χ3v) is 4.15. The lowest BCUT2D eigenvalue weighted by Gasteiger charge is -2.07. The first-order valence-electron chi connectivity index (χ1n) is 8.29. The number of carbonyl (C=O) groups is 2. The summed E-state index contributed by atoms with van der Waals surface area (Å²) in [6, 6.07) is 13.9. The Hall–Kier alpha value is -2.14. The van der Waals surface area contributed by atoms with E-state index in [1.54, 1.807) is 24.3 Å². The van der Waals surface area contributed by atoms with Crippen LogP contribution in [0.15, 0.2) is 53.0 Å². The van der Waals surface area contributed by atoms with Gasteiger partial charge in [0.2, 0.25) is 0 Å². The van der Waals surface area contributed by atoms with Crippen molar-refractivity contribution in [2.75, 3.05) is 6.61 Å². The summed E-state index contributed by atoms with van der Waals surface area (Å²) in [4.78, 5) is 23.9. The highest BCUT2D eigenvalue weighted by Crippen LogP contribution is 2.13. The molecule has 132 valence electrons. The van der Waals surface area contributed by atoms with Crippen LogP contribution in [-0.2, 0) is 16.1 Å². The molecule has 0 aliphatic heterocycles. The molecular weight excluding hydrogens is 384 g/mol. The lowest BCUT2D eigenvalue weighted by atomic mass is 10.1. The summed E-state index contributed by atoms with van der Waals surface area (Å²) in [5, 5.41) is 0. The molecule has 0 spiro atoms. The molecule has 25 heavy (non-hydrogen) atoms. The van der Waals surface area contributed by atoms with Gasteiger partial charge in [0.15, 0.2) is 0 Å². The summed E-state index contributed by atoms with van der Waals surface area (Å²) in [5.41, 5.74) is 1.74. The highest BCUT2D eigenvalue weighted by molar-refractivity contribution is 9.10. The third-order valence-electron chi connectivity index (χ3n) is 3.62. The van der Waals surface area contributed by atoms with Crippen molar-refractivity contribution in [1.82, 2.24) is 0 Å². The highest BCUT2D eigenvalue weighted by Gasteiger charge is 2.11. The largest absolute Gasteiger partial charge is 0.462 e. The van der Waals surface area contributed by atoms with Gasteiger partial charge in [0.1, 0.15) is 6.61 Å². The monoisotopic (exact) mass is 404 g/mol.